The highest BCUT2D eigenvalue weighted by atomic mass is 35.5. The summed E-state index contributed by atoms with van der Waals surface area (Å²) in [6, 6.07) is 10.7. The number of ether oxygens (including phenoxy) is 2. The number of benzene rings is 2. The average Bonchev–Trinajstić information content (AvgIpc) is 3.30. The highest BCUT2D eigenvalue weighted by Gasteiger charge is 2.17. The highest BCUT2D eigenvalue weighted by Crippen LogP contribution is 2.32. The van der Waals surface area contributed by atoms with E-state index in [9.17, 15) is 4.79 Å². The maximum absolute atomic E-state index is 12.4. The second-order valence-corrected chi connectivity index (χ2v) is 7.62. The Kier molecular flexibility index (Phi) is 5.52. The number of carbonyl (C=O) groups is 1. The lowest BCUT2D eigenvalue weighted by molar-refractivity contribution is 0.102. The van der Waals surface area contributed by atoms with Crippen LogP contribution in [0.5, 0.6) is 11.5 Å². The number of hydrogen-bond acceptors (Lipinski definition) is 7. The lowest BCUT2D eigenvalue weighted by Crippen LogP contribution is -2.12. The van der Waals surface area contributed by atoms with Gasteiger partial charge in [0.15, 0.2) is 11.5 Å². The highest BCUT2D eigenvalue weighted by molar-refractivity contribution is 7.19. The van der Waals surface area contributed by atoms with Crippen molar-refractivity contribution in [2.24, 2.45) is 0 Å². The Labute approximate surface area is 174 Å². The fourth-order valence-corrected chi connectivity index (χ4v) is 3.86. The van der Waals surface area contributed by atoms with Crippen LogP contribution in [0.25, 0.3) is 0 Å². The molecule has 0 bridgehead atoms. The van der Waals surface area contributed by atoms with Crippen LogP contribution in [0.2, 0.25) is 10.0 Å². The predicted molar refractivity (Wildman–Crippen MR) is 109 cm³/mol. The number of halogens is 2. The third-order valence-electron chi connectivity index (χ3n) is 3.96. The van der Waals surface area contributed by atoms with Gasteiger partial charge >= 0.3 is 0 Å². The summed E-state index contributed by atoms with van der Waals surface area (Å²) in [5.41, 5.74) is 1.32. The van der Waals surface area contributed by atoms with E-state index in [2.05, 4.69) is 20.8 Å². The number of fused-ring (bicyclic) bond motifs is 1. The molecule has 0 unspecified atom stereocenters. The first-order valence-electron chi connectivity index (χ1n) is 8.31. The standard InChI is InChI=1S/C18H14Cl2N4O3S/c19-11-2-1-3-12(20)15(11)16(25)22-18-24-23-17(28-18)21-7-6-10-4-5-13-14(8-10)27-9-26-13/h1-5,8H,6-7,9H2,(H,21,23)(H,22,24,25). The van der Waals surface area contributed by atoms with E-state index in [1.54, 1.807) is 18.2 Å². The Morgan fingerprint density at radius 1 is 1.07 bits per heavy atom. The van der Waals surface area contributed by atoms with Crippen LogP contribution in [0.3, 0.4) is 0 Å². The van der Waals surface area contributed by atoms with Gasteiger partial charge in [-0.1, -0.05) is 46.7 Å². The molecular formula is C18H14Cl2N4O3S. The van der Waals surface area contributed by atoms with E-state index in [0.717, 1.165) is 23.5 Å². The molecule has 0 aliphatic carbocycles. The topological polar surface area (TPSA) is 85.4 Å². The first kappa shape index (κ1) is 18.8. The van der Waals surface area contributed by atoms with Crippen molar-refractivity contribution < 1.29 is 14.3 Å². The molecule has 1 aromatic heterocycles. The van der Waals surface area contributed by atoms with Crippen LogP contribution in [0.15, 0.2) is 36.4 Å². The van der Waals surface area contributed by atoms with Gasteiger partial charge < -0.3 is 14.8 Å². The van der Waals surface area contributed by atoms with Crippen LogP contribution in [-0.4, -0.2) is 29.4 Å². The molecular weight excluding hydrogens is 423 g/mol. The van der Waals surface area contributed by atoms with Gasteiger partial charge in [0, 0.05) is 6.54 Å². The van der Waals surface area contributed by atoms with Crippen LogP contribution in [-0.2, 0) is 6.42 Å². The van der Waals surface area contributed by atoms with Gasteiger partial charge in [-0.05, 0) is 36.2 Å². The SMILES string of the molecule is O=C(Nc1nnc(NCCc2ccc3c(c2)OCO3)s1)c1c(Cl)cccc1Cl. The van der Waals surface area contributed by atoms with Gasteiger partial charge in [0.1, 0.15) is 0 Å². The molecule has 1 aliphatic rings. The molecule has 10 heteroatoms. The fourth-order valence-electron chi connectivity index (χ4n) is 2.63. The third kappa shape index (κ3) is 4.14. The minimum Gasteiger partial charge on any atom is -0.454 e. The monoisotopic (exact) mass is 436 g/mol. The largest absolute Gasteiger partial charge is 0.454 e. The van der Waals surface area contributed by atoms with Crippen LogP contribution in [0, 0.1) is 0 Å². The molecule has 2 heterocycles. The Hall–Kier alpha value is -2.55. The summed E-state index contributed by atoms with van der Waals surface area (Å²) < 4.78 is 10.7. The van der Waals surface area contributed by atoms with Crippen molar-refractivity contribution in [3.8, 4) is 11.5 Å². The van der Waals surface area contributed by atoms with Crippen LogP contribution in [0.4, 0.5) is 10.3 Å². The molecule has 2 N–H and O–H groups in total. The molecule has 0 saturated carbocycles. The summed E-state index contributed by atoms with van der Waals surface area (Å²) in [7, 11) is 0. The second kappa shape index (κ2) is 8.22. The van der Waals surface area contributed by atoms with Crippen LogP contribution in [0.1, 0.15) is 15.9 Å². The molecule has 4 rings (SSSR count). The van der Waals surface area contributed by atoms with E-state index in [1.165, 1.54) is 11.3 Å². The summed E-state index contributed by atoms with van der Waals surface area (Å²) in [4.78, 5) is 12.4. The van der Waals surface area contributed by atoms with Gasteiger partial charge in [0.05, 0.1) is 15.6 Å². The smallest absolute Gasteiger partial charge is 0.260 e. The van der Waals surface area contributed by atoms with Crippen molar-refractivity contribution in [2.75, 3.05) is 24.0 Å². The summed E-state index contributed by atoms with van der Waals surface area (Å²) in [5, 5.41) is 15.3. The molecule has 7 nitrogen and oxygen atoms in total. The van der Waals surface area contributed by atoms with Crippen LogP contribution < -0.4 is 20.1 Å². The van der Waals surface area contributed by atoms with E-state index >= 15 is 0 Å². The number of carbonyl (C=O) groups excluding carboxylic acids is 1. The quantitative estimate of drug-likeness (QED) is 0.592. The number of nitrogens with zero attached hydrogens (tertiary/aromatic N) is 2. The first-order chi connectivity index (χ1) is 13.6. The minimum absolute atomic E-state index is 0.207. The van der Waals surface area contributed by atoms with E-state index in [0.29, 0.717) is 16.8 Å². The molecule has 0 fully saturated rings. The Balaban J connectivity index is 1.32. The lowest BCUT2D eigenvalue weighted by Gasteiger charge is -2.05. The van der Waals surface area contributed by atoms with E-state index in [1.807, 2.05) is 18.2 Å². The van der Waals surface area contributed by atoms with Crippen molar-refractivity contribution in [3.05, 3.63) is 57.6 Å². The van der Waals surface area contributed by atoms with Gasteiger partial charge in [-0.25, -0.2) is 0 Å². The zero-order chi connectivity index (χ0) is 19.5. The second-order valence-electron chi connectivity index (χ2n) is 5.83. The number of rotatable bonds is 6. The average molecular weight is 437 g/mol. The molecule has 144 valence electrons. The zero-order valence-electron chi connectivity index (χ0n) is 14.4. The molecule has 28 heavy (non-hydrogen) atoms. The van der Waals surface area contributed by atoms with Crippen molar-refractivity contribution in [1.29, 1.82) is 0 Å². The van der Waals surface area contributed by atoms with Gasteiger partial charge in [-0.3, -0.25) is 10.1 Å². The number of hydrogen-bond donors (Lipinski definition) is 2. The predicted octanol–water partition coefficient (Wildman–Crippen LogP) is 4.48. The van der Waals surface area contributed by atoms with Gasteiger partial charge in [0.2, 0.25) is 17.1 Å². The molecule has 0 spiro atoms. The van der Waals surface area contributed by atoms with E-state index in [-0.39, 0.29) is 22.4 Å². The lowest BCUT2D eigenvalue weighted by atomic mass is 10.1. The number of anilines is 2. The van der Waals surface area contributed by atoms with Crippen LogP contribution >= 0.6 is 34.5 Å². The summed E-state index contributed by atoms with van der Waals surface area (Å²) in [5.74, 6) is 1.09. The Morgan fingerprint density at radius 2 is 1.82 bits per heavy atom. The summed E-state index contributed by atoms with van der Waals surface area (Å²) >= 11 is 13.3. The number of aromatic nitrogens is 2. The Bertz CT molecular complexity index is 1010. The zero-order valence-corrected chi connectivity index (χ0v) is 16.7. The van der Waals surface area contributed by atoms with Gasteiger partial charge in [-0.15, -0.1) is 10.2 Å². The van der Waals surface area contributed by atoms with Crippen molar-refractivity contribution in [2.45, 2.75) is 6.42 Å². The molecule has 2 aromatic carbocycles. The van der Waals surface area contributed by atoms with Crippen molar-refractivity contribution in [1.82, 2.24) is 10.2 Å². The number of amides is 1. The molecule has 3 aromatic rings. The van der Waals surface area contributed by atoms with Gasteiger partial charge in [0.25, 0.3) is 5.91 Å². The molecule has 1 aliphatic heterocycles. The van der Waals surface area contributed by atoms with Crippen molar-refractivity contribution in [3.63, 3.8) is 0 Å². The first-order valence-corrected chi connectivity index (χ1v) is 9.88. The molecule has 0 atom stereocenters. The fraction of sp³-hybridized carbons (Fsp3) is 0.167. The number of nitrogens with one attached hydrogen (secondary N) is 2. The summed E-state index contributed by atoms with van der Waals surface area (Å²) in [6.45, 7) is 0.911. The molecule has 1 amide bonds. The van der Waals surface area contributed by atoms with Gasteiger partial charge in [-0.2, -0.15) is 0 Å². The molecule has 0 radical (unpaired) electrons. The maximum atomic E-state index is 12.4. The molecule has 0 saturated heterocycles. The third-order valence-corrected chi connectivity index (χ3v) is 5.39. The Morgan fingerprint density at radius 3 is 2.64 bits per heavy atom. The van der Waals surface area contributed by atoms with Crippen molar-refractivity contribution >= 4 is 50.7 Å². The minimum atomic E-state index is -0.432. The summed E-state index contributed by atoms with van der Waals surface area (Å²) in [6.07, 6.45) is 0.771. The maximum Gasteiger partial charge on any atom is 0.260 e. The van der Waals surface area contributed by atoms with E-state index in [4.69, 9.17) is 32.7 Å². The normalized spacial score (nSPS) is 12.1. The van der Waals surface area contributed by atoms with E-state index < -0.39 is 5.91 Å².